The van der Waals surface area contributed by atoms with Gasteiger partial charge in [-0.05, 0) is 19.3 Å². The summed E-state index contributed by atoms with van der Waals surface area (Å²) in [5.74, 6) is 0.0770. The molecule has 1 rings (SSSR count). The number of likely N-dealkylation sites (tertiary alicyclic amines) is 1. The smallest absolute Gasteiger partial charge is 0.410 e. The van der Waals surface area contributed by atoms with Crippen LogP contribution in [0.15, 0.2) is 12.7 Å². The topological polar surface area (TPSA) is 58.6 Å². The third-order valence-electron chi connectivity index (χ3n) is 3.13. The molecule has 5 nitrogen and oxygen atoms in total. The number of carbonyl (C=O) groups excluding carboxylic acids is 2. The van der Waals surface area contributed by atoms with Crippen LogP contribution in [0.4, 0.5) is 4.79 Å². The largest absolute Gasteiger partial charge is 0.445 e. The number of piperidine rings is 1. The normalized spacial score (nSPS) is 18.8. The number of unbranched alkanes of at least 4 members (excludes halogenated alkanes) is 1. The minimum Gasteiger partial charge on any atom is -0.445 e. The third kappa shape index (κ3) is 5.77. The van der Waals surface area contributed by atoms with Crippen molar-refractivity contribution >= 4 is 12.0 Å². The predicted molar refractivity (Wildman–Crippen MR) is 73.8 cm³/mol. The summed E-state index contributed by atoms with van der Waals surface area (Å²) in [7, 11) is 0. The molecule has 19 heavy (non-hydrogen) atoms. The van der Waals surface area contributed by atoms with Gasteiger partial charge in [0.05, 0.1) is 0 Å². The lowest BCUT2D eigenvalue weighted by Crippen LogP contribution is -2.49. The van der Waals surface area contributed by atoms with E-state index in [1.165, 1.54) is 0 Å². The first-order valence-electron chi connectivity index (χ1n) is 6.99. The second-order valence-corrected chi connectivity index (χ2v) is 4.82. The van der Waals surface area contributed by atoms with Crippen molar-refractivity contribution in [3.8, 4) is 0 Å². The zero-order chi connectivity index (χ0) is 14.1. The van der Waals surface area contributed by atoms with Crippen molar-refractivity contribution in [2.75, 3.05) is 19.7 Å². The van der Waals surface area contributed by atoms with Crippen LogP contribution in [0.5, 0.6) is 0 Å². The molecule has 0 saturated carbocycles. The Morgan fingerprint density at radius 2 is 2.32 bits per heavy atom. The highest BCUT2D eigenvalue weighted by molar-refractivity contribution is 5.76. The van der Waals surface area contributed by atoms with Crippen LogP contribution in [-0.4, -0.2) is 42.6 Å². The van der Waals surface area contributed by atoms with Crippen molar-refractivity contribution in [2.24, 2.45) is 0 Å². The van der Waals surface area contributed by atoms with E-state index in [2.05, 4.69) is 18.8 Å². The molecule has 0 aromatic rings. The van der Waals surface area contributed by atoms with Crippen molar-refractivity contribution < 1.29 is 14.3 Å². The number of nitrogens with one attached hydrogen (secondary N) is 1. The van der Waals surface area contributed by atoms with Crippen LogP contribution in [0.3, 0.4) is 0 Å². The molecule has 0 aromatic carbocycles. The monoisotopic (exact) mass is 268 g/mol. The quantitative estimate of drug-likeness (QED) is 0.750. The standard InChI is InChI=1S/C14H24N2O3/c1-3-5-8-13(17)15-12-7-6-9-16(11-12)14(18)19-10-4-2/h4,12H,2-3,5-11H2,1H3,(H,15,17). The molecular formula is C14H24N2O3. The first kappa shape index (κ1) is 15.5. The summed E-state index contributed by atoms with van der Waals surface area (Å²) in [5, 5.41) is 2.99. The van der Waals surface area contributed by atoms with E-state index in [-0.39, 0.29) is 24.6 Å². The average molecular weight is 268 g/mol. The summed E-state index contributed by atoms with van der Waals surface area (Å²) in [4.78, 5) is 25.0. The molecule has 1 N–H and O–H groups in total. The van der Waals surface area contributed by atoms with Crippen LogP contribution in [0.25, 0.3) is 0 Å². The lowest BCUT2D eigenvalue weighted by Gasteiger charge is -2.32. The van der Waals surface area contributed by atoms with Gasteiger partial charge in [-0.3, -0.25) is 4.79 Å². The van der Waals surface area contributed by atoms with E-state index in [0.29, 0.717) is 19.5 Å². The Hall–Kier alpha value is -1.52. The Balaban J connectivity index is 2.34. The summed E-state index contributed by atoms with van der Waals surface area (Å²) in [6.07, 6.45) is 5.51. The SMILES string of the molecule is C=CCOC(=O)N1CCCC(NC(=O)CCCC)C1. The molecule has 5 heteroatoms. The van der Waals surface area contributed by atoms with Gasteiger partial charge >= 0.3 is 6.09 Å². The van der Waals surface area contributed by atoms with Crippen LogP contribution in [0.1, 0.15) is 39.0 Å². The molecule has 1 heterocycles. The Morgan fingerprint density at radius 3 is 3.00 bits per heavy atom. The molecule has 0 radical (unpaired) electrons. The number of carbonyl (C=O) groups is 2. The van der Waals surface area contributed by atoms with Crippen LogP contribution in [0, 0.1) is 0 Å². The van der Waals surface area contributed by atoms with Gasteiger partial charge in [0.15, 0.2) is 0 Å². The minimum atomic E-state index is -0.326. The molecule has 1 unspecified atom stereocenters. The fourth-order valence-corrected chi connectivity index (χ4v) is 2.12. The van der Waals surface area contributed by atoms with Crippen LogP contribution in [0.2, 0.25) is 0 Å². The van der Waals surface area contributed by atoms with Gasteiger partial charge in [-0.15, -0.1) is 0 Å². The van der Waals surface area contributed by atoms with Crippen molar-refractivity contribution in [1.82, 2.24) is 10.2 Å². The van der Waals surface area contributed by atoms with Gasteiger partial charge in [-0.25, -0.2) is 4.79 Å². The van der Waals surface area contributed by atoms with Gasteiger partial charge in [0.1, 0.15) is 6.61 Å². The Kier molecular flexibility index (Phi) is 7.00. The number of hydrogen-bond donors (Lipinski definition) is 1. The molecule has 2 amide bonds. The van der Waals surface area contributed by atoms with Gasteiger partial charge in [0.2, 0.25) is 5.91 Å². The highest BCUT2D eigenvalue weighted by atomic mass is 16.6. The zero-order valence-corrected chi connectivity index (χ0v) is 11.7. The van der Waals surface area contributed by atoms with Gasteiger partial charge in [0, 0.05) is 25.6 Å². The number of rotatable bonds is 6. The summed E-state index contributed by atoms with van der Waals surface area (Å²) < 4.78 is 5.01. The predicted octanol–water partition coefficient (Wildman–Crippen LogP) is 2.08. The summed E-state index contributed by atoms with van der Waals surface area (Å²) in [5.41, 5.74) is 0. The summed E-state index contributed by atoms with van der Waals surface area (Å²) in [6, 6.07) is 0.0504. The van der Waals surface area contributed by atoms with E-state index in [0.717, 1.165) is 25.7 Å². The number of ether oxygens (including phenoxy) is 1. The van der Waals surface area contributed by atoms with E-state index in [1.54, 1.807) is 11.0 Å². The molecule has 0 bridgehead atoms. The molecule has 1 fully saturated rings. The van der Waals surface area contributed by atoms with E-state index < -0.39 is 0 Å². The lowest BCUT2D eigenvalue weighted by molar-refractivity contribution is -0.122. The molecule has 0 aromatic heterocycles. The van der Waals surface area contributed by atoms with E-state index in [1.807, 2.05) is 0 Å². The van der Waals surface area contributed by atoms with Crippen LogP contribution < -0.4 is 5.32 Å². The van der Waals surface area contributed by atoms with Crippen molar-refractivity contribution in [3.05, 3.63) is 12.7 Å². The number of amides is 2. The highest BCUT2D eigenvalue weighted by Crippen LogP contribution is 2.11. The average Bonchev–Trinajstić information content (AvgIpc) is 2.42. The maximum Gasteiger partial charge on any atom is 0.410 e. The Morgan fingerprint density at radius 1 is 1.53 bits per heavy atom. The van der Waals surface area contributed by atoms with E-state index >= 15 is 0 Å². The fraction of sp³-hybridized carbons (Fsp3) is 0.714. The summed E-state index contributed by atoms with van der Waals surface area (Å²) in [6.45, 7) is 7.02. The third-order valence-corrected chi connectivity index (χ3v) is 3.13. The second kappa shape index (κ2) is 8.56. The van der Waals surface area contributed by atoms with E-state index in [9.17, 15) is 9.59 Å². The van der Waals surface area contributed by atoms with Crippen molar-refractivity contribution in [2.45, 2.75) is 45.1 Å². The Bertz CT molecular complexity index is 318. The van der Waals surface area contributed by atoms with E-state index in [4.69, 9.17) is 4.74 Å². The van der Waals surface area contributed by atoms with Crippen LogP contribution in [-0.2, 0) is 9.53 Å². The highest BCUT2D eigenvalue weighted by Gasteiger charge is 2.25. The first-order valence-corrected chi connectivity index (χ1v) is 6.99. The molecule has 1 aliphatic heterocycles. The zero-order valence-electron chi connectivity index (χ0n) is 11.7. The molecule has 1 saturated heterocycles. The molecular weight excluding hydrogens is 244 g/mol. The second-order valence-electron chi connectivity index (χ2n) is 4.82. The summed E-state index contributed by atoms with van der Waals surface area (Å²) >= 11 is 0. The maximum absolute atomic E-state index is 11.7. The van der Waals surface area contributed by atoms with Gasteiger partial charge in [-0.1, -0.05) is 26.0 Å². The molecule has 1 atom stereocenters. The lowest BCUT2D eigenvalue weighted by atomic mass is 10.1. The molecule has 1 aliphatic rings. The molecule has 108 valence electrons. The van der Waals surface area contributed by atoms with Crippen LogP contribution >= 0.6 is 0 Å². The minimum absolute atomic E-state index is 0.0504. The van der Waals surface area contributed by atoms with Gasteiger partial charge in [0.25, 0.3) is 0 Å². The number of nitrogens with zero attached hydrogens (tertiary/aromatic N) is 1. The number of hydrogen-bond acceptors (Lipinski definition) is 3. The molecule has 0 spiro atoms. The Labute approximate surface area is 115 Å². The molecule has 0 aliphatic carbocycles. The van der Waals surface area contributed by atoms with Gasteiger partial charge < -0.3 is 15.0 Å². The van der Waals surface area contributed by atoms with Crippen molar-refractivity contribution in [1.29, 1.82) is 0 Å². The maximum atomic E-state index is 11.7. The first-order chi connectivity index (χ1) is 9.17. The van der Waals surface area contributed by atoms with Gasteiger partial charge in [-0.2, -0.15) is 0 Å². The van der Waals surface area contributed by atoms with Crippen molar-refractivity contribution in [3.63, 3.8) is 0 Å². The fourth-order valence-electron chi connectivity index (χ4n) is 2.12.